The molecule has 104 valence electrons. The van der Waals surface area contributed by atoms with Crippen LogP contribution in [0.1, 0.15) is 21.5 Å². The first-order valence-corrected chi connectivity index (χ1v) is 5.84. The van der Waals surface area contributed by atoms with Crippen LogP contribution in [0, 0.1) is 5.82 Å². The van der Waals surface area contributed by atoms with Crippen molar-refractivity contribution in [1.29, 1.82) is 0 Å². The Labute approximate surface area is 116 Å². The van der Waals surface area contributed by atoms with E-state index in [-0.39, 0.29) is 16.1 Å². The molecule has 0 N–H and O–H groups in total. The van der Waals surface area contributed by atoms with Gasteiger partial charge in [0.2, 0.25) is 0 Å². The van der Waals surface area contributed by atoms with Gasteiger partial charge in [-0.3, -0.25) is 4.79 Å². The Kier molecular flexibility index (Phi) is 3.81. The number of ketones is 1. The minimum Gasteiger partial charge on any atom is -0.289 e. The molecule has 0 amide bonds. The monoisotopic (exact) mass is 302 g/mol. The molecule has 0 radical (unpaired) electrons. The van der Waals surface area contributed by atoms with Crippen molar-refractivity contribution in [3.05, 3.63) is 70.0 Å². The molecule has 0 aliphatic rings. The molecule has 0 bridgehead atoms. The average molecular weight is 303 g/mol. The normalized spacial score (nSPS) is 11.4. The maximum absolute atomic E-state index is 13.4. The van der Waals surface area contributed by atoms with Crippen molar-refractivity contribution >= 4 is 17.4 Å². The smallest absolute Gasteiger partial charge is 0.289 e. The summed E-state index contributed by atoms with van der Waals surface area (Å²) in [7, 11) is 0. The number of rotatable bonds is 2. The number of alkyl halides is 3. The van der Waals surface area contributed by atoms with Crippen LogP contribution in [0.25, 0.3) is 0 Å². The quantitative estimate of drug-likeness (QED) is 0.579. The van der Waals surface area contributed by atoms with E-state index in [4.69, 9.17) is 11.6 Å². The van der Waals surface area contributed by atoms with Gasteiger partial charge in [-0.2, -0.15) is 13.2 Å². The van der Waals surface area contributed by atoms with Crippen molar-refractivity contribution in [3.8, 4) is 0 Å². The minimum atomic E-state index is -4.80. The van der Waals surface area contributed by atoms with Gasteiger partial charge in [-0.15, -0.1) is 0 Å². The number of benzene rings is 2. The van der Waals surface area contributed by atoms with Crippen LogP contribution in [0.2, 0.25) is 5.02 Å². The van der Waals surface area contributed by atoms with Gasteiger partial charge in [-0.25, -0.2) is 4.39 Å². The molecule has 1 nitrogen and oxygen atoms in total. The summed E-state index contributed by atoms with van der Waals surface area (Å²) in [4.78, 5) is 12.0. The molecule has 0 spiro atoms. The highest BCUT2D eigenvalue weighted by molar-refractivity contribution is 6.34. The van der Waals surface area contributed by atoms with Gasteiger partial charge >= 0.3 is 6.18 Å². The highest BCUT2D eigenvalue weighted by Crippen LogP contribution is 2.32. The summed E-state index contributed by atoms with van der Waals surface area (Å²) in [5.41, 5.74) is -1.50. The van der Waals surface area contributed by atoms with Crippen molar-refractivity contribution in [2.75, 3.05) is 0 Å². The van der Waals surface area contributed by atoms with Crippen LogP contribution in [0.15, 0.2) is 42.5 Å². The van der Waals surface area contributed by atoms with Crippen molar-refractivity contribution in [2.24, 2.45) is 0 Å². The molecular weight excluding hydrogens is 296 g/mol. The maximum atomic E-state index is 13.4. The summed E-state index contributed by atoms with van der Waals surface area (Å²) in [6.45, 7) is 0. The third kappa shape index (κ3) is 2.82. The molecule has 0 heterocycles. The van der Waals surface area contributed by atoms with E-state index in [1.807, 2.05) is 0 Å². The van der Waals surface area contributed by atoms with Gasteiger partial charge in [0.1, 0.15) is 5.82 Å². The molecule has 2 aromatic rings. The van der Waals surface area contributed by atoms with E-state index in [1.54, 1.807) is 12.1 Å². The fourth-order valence-electron chi connectivity index (χ4n) is 1.69. The van der Waals surface area contributed by atoms with Crippen LogP contribution in [-0.2, 0) is 6.18 Å². The van der Waals surface area contributed by atoms with Gasteiger partial charge in [0.05, 0.1) is 10.6 Å². The molecule has 0 atom stereocenters. The number of halogens is 5. The number of carbonyl (C=O) groups is 1. The van der Waals surface area contributed by atoms with Crippen molar-refractivity contribution in [1.82, 2.24) is 0 Å². The van der Waals surface area contributed by atoms with Crippen LogP contribution in [0.4, 0.5) is 17.6 Å². The predicted octanol–water partition coefficient (Wildman–Crippen LogP) is 4.73. The van der Waals surface area contributed by atoms with E-state index >= 15 is 0 Å². The predicted molar refractivity (Wildman–Crippen MR) is 66.3 cm³/mol. The minimum absolute atomic E-state index is 0.105. The van der Waals surface area contributed by atoms with Crippen LogP contribution in [-0.4, -0.2) is 5.78 Å². The highest BCUT2D eigenvalue weighted by Gasteiger charge is 2.34. The first kappa shape index (κ1) is 14.5. The first-order valence-electron chi connectivity index (χ1n) is 5.46. The van der Waals surface area contributed by atoms with Crippen molar-refractivity contribution in [3.63, 3.8) is 0 Å². The topological polar surface area (TPSA) is 17.1 Å². The summed E-state index contributed by atoms with van der Waals surface area (Å²) in [6.07, 6.45) is -4.80. The molecule has 0 saturated heterocycles. The summed E-state index contributed by atoms with van der Waals surface area (Å²) >= 11 is 5.82. The second-order valence-corrected chi connectivity index (χ2v) is 4.41. The average Bonchev–Trinajstić information content (AvgIpc) is 2.37. The lowest BCUT2D eigenvalue weighted by Crippen LogP contribution is -2.10. The molecule has 0 unspecified atom stereocenters. The summed E-state index contributed by atoms with van der Waals surface area (Å²) in [5.74, 6) is -2.13. The second-order valence-electron chi connectivity index (χ2n) is 4.00. The Balaban J connectivity index is 2.43. The zero-order chi connectivity index (χ0) is 14.9. The van der Waals surface area contributed by atoms with Crippen LogP contribution >= 0.6 is 11.6 Å². The van der Waals surface area contributed by atoms with E-state index in [1.165, 1.54) is 12.1 Å². The molecule has 6 heteroatoms. The maximum Gasteiger partial charge on any atom is 0.419 e. The third-order valence-electron chi connectivity index (χ3n) is 2.66. The molecule has 0 aromatic heterocycles. The Morgan fingerprint density at radius 1 is 1.05 bits per heavy atom. The Hall–Kier alpha value is -1.88. The van der Waals surface area contributed by atoms with Crippen LogP contribution in [0.3, 0.4) is 0 Å². The fraction of sp³-hybridized carbons (Fsp3) is 0.0714. The van der Waals surface area contributed by atoms with Crippen molar-refractivity contribution in [2.45, 2.75) is 6.18 Å². The Bertz CT molecular complexity index is 664. The van der Waals surface area contributed by atoms with E-state index < -0.39 is 23.3 Å². The molecule has 0 fully saturated rings. The third-order valence-corrected chi connectivity index (χ3v) is 2.98. The van der Waals surface area contributed by atoms with E-state index in [9.17, 15) is 22.4 Å². The summed E-state index contributed by atoms with van der Waals surface area (Å²) in [5, 5.41) is 0.151. The molecule has 0 aliphatic heterocycles. The SMILES string of the molecule is O=C(c1ccc(C(F)(F)F)c(F)c1)c1ccccc1Cl. The molecule has 2 rings (SSSR count). The van der Waals surface area contributed by atoms with Gasteiger partial charge in [-0.05, 0) is 24.3 Å². The van der Waals surface area contributed by atoms with E-state index in [0.29, 0.717) is 12.1 Å². The van der Waals surface area contributed by atoms with Crippen molar-refractivity contribution < 1.29 is 22.4 Å². The zero-order valence-electron chi connectivity index (χ0n) is 9.84. The second kappa shape index (κ2) is 5.25. The lowest BCUT2D eigenvalue weighted by atomic mass is 10.0. The summed E-state index contributed by atoms with van der Waals surface area (Å²) in [6, 6.07) is 8.08. The summed E-state index contributed by atoms with van der Waals surface area (Å²) < 4.78 is 50.7. The van der Waals surface area contributed by atoms with Gasteiger partial charge < -0.3 is 0 Å². The van der Waals surface area contributed by atoms with Gasteiger partial charge in [0.15, 0.2) is 5.78 Å². The Morgan fingerprint density at radius 3 is 2.25 bits per heavy atom. The lowest BCUT2D eigenvalue weighted by Gasteiger charge is -2.09. The molecule has 2 aromatic carbocycles. The van der Waals surface area contributed by atoms with Gasteiger partial charge in [-0.1, -0.05) is 29.8 Å². The Morgan fingerprint density at radius 2 is 1.70 bits per heavy atom. The lowest BCUT2D eigenvalue weighted by molar-refractivity contribution is -0.140. The van der Waals surface area contributed by atoms with Gasteiger partial charge in [0, 0.05) is 11.1 Å². The number of carbonyl (C=O) groups excluding carboxylic acids is 1. The number of hydrogen-bond donors (Lipinski definition) is 0. The zero-order valence-corrected chi connectivity index (χ0v) is 10.6. The highest BCUT2D eigenvalue weighted by atomic mass is 35.5. The number of hydrogen-bond acceptors (Lipinski definition) is 1. The standard InChI is InChI=1S/C14H7ClF4O/c15-11-4-2-1-3-9(11)13(20)8-5-6-10(12(16)7-8)14(17,18)19/h1-7H. The van der Waals surface area contributed by atoms with Gasteiger partial charge in [0.25, 0.3) is 0 Å². The molecule has 0 saturated carbocycles. The van der Waals surface area contributed by atoms with Crippen LogP contribution < -0.4 is 0 Å². The van der Waals surface area contributed by atoms with E-state index in [2.05, 4.69) is 0 Å². The molecule has 0 aliphatic carbocycles. The van der Waals surface area contributed by atoms with E-state index in [0.717, 1.165) is 6.07 Å². The first-order chi connectivity index (χ1) is 9.30. The van der Waals surface area contributed by atoms with Crippen LogP contribution in [0.5, 0.6) is 0 Å². The largest absolute Gasteiger partial charge is 0.419 e. The molecular formula is C14H7ClF4O. The molecule has 20 heavy (non-hydrogen) atoms. The fourth-order valence-corrected chi connectivity index (χ4v) is 1.91.